The number of allylic oxidation sites excluding steroid dienone is 2. The fourth-order valence-corrected chi connectivity index (χ4v) is 3.40. The predicted molar refractivity (Wildman–Crippen MR) is 102 cm³/mol. The van der Waals surface area contributed by atoms with E-state index >= 15 is 0 Å². The van der Waals surface area contributed by atoms with E-state index in [1.807, 2.05) is 60.7 Å². The summed E-state index contributed by atoms with van der Waals surface area (Å²) in [6.07, 6.45) is 6.73. The van der Waals surface area contributed by atoms with E-state index in [-0.39, 0.29) is 23.4 Å². The molecule has 0 fully saturated rings. The third-order valence-electron chi connectivity index (χ3n) is 4.77. The molecule has 5 nitrogen and oxygen atoms in total. The Morgan fingerprint density at radius 1 is 0.889 bits per heavy atom. The van der Waals surface area contributed by atoms with E-state index in [0.717, 1.165) is 11.1 Å². The monoisotopic (exact) mass is 361 g/mol. The maximum absolute atomic E-state index is 13.0. The van der Waals surface area contributed by atoms with Gasteiger partial charge in [-0.05, 0) is 17.7 Å². The van der Waals surface area contributed by atoms with Crippen LogP contribution in [0.15, 0.2) is 85.1 Å². The quantitative estimate of drug-likeness (QED) is 0.607. The molecule has 2 aromatic rings. The lowest BCUT2D eigenvalue weighted by molar-refractivity contribution is -0.831. The zero-order valence-corrected chi connectivity index (χ0v) is 14.8. The van der Waals surface area contributed by atoms with Crippen molar-refractivity contribution < 1.29 is 18.9 Å². The van der Waals surface area contributed by atoms with Crippen molar-refractivity contribution in [1.82, 2.24) is 0 Å². The number of ketones is 1. The molecule has 3 rings (SSSR count). The molecule has 5 heteroatoms. The topological polar surface area (TPSA) is 77.2 Å². The van der Waals surface area contributed by atoms with Crippen molar-refractivity contribution in [2.75, 3.05) is 0 Å². The summed E-state index contributed by atoms with van der Waals surface area (Å²) >= 11 is 0. The van der Waals surface area contributed by atoms with Gasteiger partial charge in [0.1, 0.15) is 12.7 Å². The average Bonchev–Trinajstić information content (AvgIpc) is 2.69. The Kier molecular flexibility index (Phi) is 5.43. The first-order valence-corrected chi connectivity index (χ1v) is 8.72. The first-order valence-electron chi connectivity index (χ1n) is 8.72. The number of benzene rings is 2. The van der Waals surface area contributed by atoms with Gasteiger partial charge in [0.25, 0.3) is 11.7 Å². The molecule has 1 heterocycles. The lowest BCUT2D eigenvalue weighted by atomic mass is 9.95. The van der Waals surface area contributed by atoms with E-state index in [2.05, 4.69) is 0 Å². The first-order chi connectivity index (χ1) is 13.0. The zero-order valence-electron chi connectivity index (χ0n) is 14.8. The van der Waals surface area contributed by atoms with Crippen LogP contribution in [0.2, 0.25) is 0 Å². The minimum Gasteiger partial charge on any atom is -0.363 e. The highest BCUT2D eigenvalue weighted by Gasteiger charge is 2.48. The molecule has 0 aliphatic carbocycles. The number of Topliss-reactive ketones (excluding diaryl/α,β-unsaturated/α-hetero) is 1. The van der Waals surface area contributed by atoms with Gasteiger partial charge in [-0.25, -0.2) is 9.28 Å². The fraction of sp³-hybridized carbons (Fsp3) is 0.136. The number of hydrogen-bond donors (Lipinski definition) is 1. The van der Waals surface area contributed by atoms with Crippen LogP contribution in [-0.4, -0.2) is 28.1 Å². The van der Waals surface area contributed by atoms with Crippen molar-refractivity contribution in [3.63, 3.8) is 0 Å². The highest BCUT2D eigenvalue weighted by molar-refractivity contribution is 6.37. The molecule has 0 spiro atoms. The van der Waals surface area contributed by atoms with Crippen molar-refractivity contribution in [1.29, 1.82) is 0 Å². The SMILES string of the molecule is NC(=O)C(=O)C(Cc1ccccc1)[N+]1(Cc2ccccc2)C=CC=CC1=O. The third-order valence-corrected chi connectivity index (χ3v) is 4.77. The van der Waals surface area contributed by atoms with Gasteiger partial charge in [-0.3, -0.25) is 9.59 Å². The number of nitrogens with two attached hydrogens (primary N) is 1. The van der Waals surface area contributed by atoms with Gasteiger partial charge in [-0.1, -0.05) is 60.7 Å². The summed E-state index contributed by atoms with van der Waals surface area (Å²) in [7, 11) is 0. The van der Waals surface area contributed by atoms with E-state index in [1.165, 1.54) is 6.08 Å². The van der Waals surface area contributed by atoms with Crippen molar-refractivity contribution >= 4 is 17.6 Å². The summed E-state index contributed by atoms with van der Waals surface area (Å²) in [6.45, 7) is 0.261. The van der Waals surface area contributed by atoms with Gasteiger partial charge in [0.05, 0.1) is 0 Å². The minimum atomic E-state index is -1.03. The summed E-state index contributed by atoms with van der Waals surface area (Å²) in [5, 5.41) is 0. The molecule has 27 heavy (non-hydrogen) atoms. The molecule has 2 N–H and O–H groups in total. The van der Waals surface area contributed by atoms with Crippen molar-refractivity contribution in [2.24, 2.45) is 5.73 Å². The Bertz CT molecular complexity index is 904. The van der Waals surface area contributed by atoms with Gasteiger partial charge in [0.2, 0.25) is 0 Å². The summed E-state index contributed by atoms with van der Waals surface area (Å²) in [5.41, 5.74) is 7.09. The molecule has 0 radical (unpaired) electrons. The molecule has 2 amide bonds. The highest BCUT2D eigenvalue weighted by Crippen LogP contribution is 2.28. The van der Waals surface area contributed by atoms with Crippen LogP contribution in [0.25, 0.3) is 0 Å². The van der Waals surface area contributed by atoms with E-state index < -0.39 is 17.7 Å². The van der Waals surface area contributed by atoms with Crippen LogP contribution in [-0.2, 0) is 27.3 Å². The van der Waals surface area contributed by atoms with Gasteiger partial charge < -0.3 is 5.73 Å². The van der Waals surface area contributed by atoms with Crippen LogP contribution in [0, 0.1) is 0 Å². The van der Waals surface area contributed by atoms with Crippen molar-refractivity contribution in [3.05, 3.63) is 96.2 Å². The first kappa shape index (κ1) is 18.5. The van der Waals surface area contributed by atoms with E-state index in [0.29, 0.717) is 0 Å². The van der Waals surface area contributed by atoms with Crippen LogP contribution >= 0.6 is 0 Å². The number of rotatable bonds is 7. The molecule has 2 unspecified atom stereocenters. The summed E-state index contributed by atoms with van der Waals surface area (Å²) in [4.78, 5) is 37.6. The molecule has 2 atom stereocenters. The molecule has 136 valence electrons. The van der Waals surface area contributed by atoms with Crippen LogP contribution in [0.3, 0.4) is 0 Å². The molecular formula is C22H21N2O3+. The number of nitrogens with zero attached hydrogens (tertiary/aromatic N) is 1. The van der Waals surface area contributed by atoms with Gasteiger partial charge in [0, 0.05) is 18.1 Å². The van der Waals surface area contributed by atoms with Crippen LogP contribution in [0.5, 0.6) is 0 Å². The Balaban J connectivity index is 2.08. The smallest absolute Gasteiger partial charge is 0.344 e. The van der Waals surface area contributed by atoms with E-state index in [9.17, 15) is 14.4 Å². The number of carbonyl (C=O) groups excluding carboxylic acids is 3. The van der Waals surface area contributed by atoms with Crippen LogP contribution in [0.1, 0.15) is 11.1 Å². The second-order valence-electron chi connectivity index (χ2n) is 6.55. The molecule has 0 saturated carbocycles. The van der Waals surface area contributed by atoms with Gasteiger partial charge >= 0.3 is 5.91 Å². The second-order valence-corrected chi connectivity index (χ2v) is 6.55. The molecule has 0 aromatic heterocycles. The van der Waals surface area contributed by atoms with Gasteiger partial charge in [0.15, 0.2) is 6.04 Å². The minimum absolute atomic E-state index is 0.235. The van der Waals surface area contributed by atoms with Crippen LogP contribution in [0.4, 0.5) is 0 Å². The second kappa shape index (κ2) is 7.93. The Labute approximate surface area is 158 Å². The molecule has 0 bridgehead atoms. The summed E-state index contributed by atoms with van der Waals surface area (Å²) < 4.78 is -0.294. The largest absolute Gasteiger partial charge is 0.363 e. The fourth-order valence-electron chi connectivity index (χ4n) is 3.40. The van der Waals surface area contributed by atoms with E-state index in [1.54, 1.807) is 18.4 Å². The Morgan fingerprint density at radius 2 is 1.48 bits per heavy atom. The maximum atomic E-state index is 13.0. The van der Waals surface area contributed by atoms with E-state index in [4.69, 9.17) is 5.73 Å². The van der Waals surface area contributed by atoms with Gasteiger partial charge in [-0.2, -0.15) is 0 Å². The Hall–Kier alpha value is -3.31. The third kappa shape index (κ3) is 3.93. The number of amides is 2. The lowest BCUT2D eigenvalue weighted by Crippen LogP contribution is -2.60. The normalized spacial score (nSPS) is 19.6. The number of hydrogen-bond acceptors (Lipinski definition) is 3. The highest BCUT2D eigenvalue weighted by atomic mass is 16.2. The lowest BCUT2D eigenvalue weighted by Gasteiger charge is -2.38. The molecule has 0 saturated heterocycles. The molecule has 1 aliphatic rings. The van der Waals surface area contributed by atoms with Gasteiger partial charge in [-0.15, -0.1) is 0 Å². The Morgan fingerprint density at radius 3 is 2.04 bits per heavy atom. The number of carbonyl (C=O) groups is 3. The summed E-state index contributed by atoms with van der Waals surface area (Å²) in [5.74, 6) is -2.03. The summed E-state index contributed by atoms with van der Waals surface area (Å²) in [6, 6.07) is 17.8. The maximum Gasteiger partial charge on any atom is 0.344 e. The van der Waals surface area contributed by atoms with Crippen LogP contribution < -0.4 is 5.73 Å². The van der Waals surface area contributed by atoms with Crippen molar-refractivity contribution in [3.8, 4) is 0 Å². The van der Waals surface area contributed by atoms with Crippen molar-refractivity contribution in [2.45, 2.75) is 19.0 Å². The number of quaternary nitrogens is 1. The molecule has 1 aliphatic heterocycles. The standard InChI is InChI=1S/C22H20N2O3/c23-22(27)21(26)19(15-17-9-3-1-4-10-17)24(14-8-7-13-20(24)25)16-18-11-5-2-6-12-18/h1-14,19H,15-16H2,(H-,23,27)/p+1. The molecular weight excluding hydrogens is 340 g/mol. The predicted octanol–water partition coefficient (Wildman–Crippen LogP) is 2.28. The molecule has 2 aromatic carbocycles. The zero-order chi connectivity index (χ0) is 19.3. The number of primary amides is 1. The average molecular weight is 361 g/mol.